The number of ether oxygens (including phenoxy) is 2. The van der Waals surface area contributed by atoms with Crippen molar-refractivity contribution < 1.29 is 57.7 Å². The minimum Gasteiger partial charge on any atom is -0.497 e. The van der Waals surface area contributed by atoms with Gasteiger partial charge in [-0.1, -0.05) is 142 Å². The van der Waals surface area contributed by atoms with Gasteiger partial charge in [0, 0.05) is 53.5 Å². The zero-order valence-corrected chi connectivity index (χ0v) is 54.4. The minimum absolute atomic E-state index is 0.0192. The third-order valence-corrected chi connectivity index (χ3v) is 17.3. The van der Waals surface area contributed by atoms with Gasteiger partial charge >= 0.3 is 5.97 Å². The van der Waals surface area contributed by atoms with E-state index in [2.05, 4.69) is 16.0 Å². The van der Waals surface area contributed by atoms with Crippen LogP contribution in [-0.4, -0.2) is 185 Å². The Kier molecular flexibility index (Phi) is 25.1. The number of methoxy groups -OCH3 is 1. The van der Waals surface area contributed by atoms with Crippen molar-refractivity contribution in [2.45, 2.75) is 188 Å². The van der Waals surface area contributed by atoms with E-state index < -0.39 is 137 Å². The highest BCUT2D eigenvalue weighted by Gasteiger charge is 2.48. The number of cyclic esters (lactones) is 1. The molecule has 20 heteroatoms. The van der Waals surface area contributed by atoms with E-state index in [0.717, 1.165) is 16.0 Å². The van der Waals surface area contributed by atoms with Crippen molar-refractivity contribution in [2.75, 3.05) is 41.8 Å². The Balaban J connectivity index is 1.73. The zero-order valence-electron chi connectivity index (χ0n) is 54.4. The molecule has 0 bridgehead atoms. The number of fused-ring (bicyclic) bond motifs is 1. The molecule has 2 heterocycles. The van der Waals surface area contributed by atoms with Crippen molar-refractivity contribution in [3.8, 4) is 16.9 Å². The summed E-state index contributed by atoms with van der Waals surface area (Å²) in [5, 5.41) is 20.6. The lowest BCUT2D eigenvalue weighted by Crippen LogP contribution is -2.63. The van der Waals surface area contributed by atoms with Crippen LogP contribution in [0.15, 0.2) is 78.9 Å². The summed E-state index contributed by atoms with van der Waals surface area (Å²) in [6.45, 7) is 20.6. The van der Waals surface area contributed by atoms with E-state index in [-0.39, 0.29) is 38.1 Å². The molecule has 11 atom stereocenters. The van der Waals surface area contributed by atoms with Crippen molar-refractivity contribution in [1.82, 2.24) is 40.4 Å². The molecule has 0 spiro atoms. The second kappa shape index (κ2) is 31.0. The van der Waals surface area contributed by atoms with Gasteiger partial charge in [0.25, 0.3) is 5.91 Å². The van der Waals surface area contributed by atoms with Gasteiger partial charge in [-0.15, -0.1) is 0 Å². The highest BCUT2D eigenvalue weighted by Crippen LogP contribution is 2.29. The Morgan fingerprint density at radius 2 is 1.15 bits per heavy atom. The molecule has 0 aliphatic carbocycles. The molecular weight excluding hydrogens is 1110 g/mol. The maximum atomic E-state index is 15.7. The fraction of sp³-hybridized carbons (Fsp3) is 0.597. The van der Waals surface area contributed by atoms with Crippen molar-refractivity contribution in [3.05, 3.63) is 90.0 Å². The Labute approximate surface area is 515 Å². The molecule has 0 saturated carbocycles. The fourth-order valence-electron chi connectivity index (χ4n) is 12.0. The summed E-state index contributed by atoms with van der Waals surface area (Å²) >= 11 is 0. The molecule has 20 nitrogen and oxygen atoms in total. The number of likely N-dealkylation sites (N-methyl/N-ethyl adjacent to an activating group) is 4. The Hall–Kier alpha value is -7.35. The van der Waals surface area contributed by atoms with Crippen molar-refractivity contribution in [3.63, 3.8) is 0 Å². The van der Waals surface area contributed by atoms with Crippen molar-refractivity contribution >= 4 is 53.2 Å². The number of carbonyl (C=O) groups is 9. The van der Waals surface area contributed by atoms with Crippen LogP contribution in [0, 0.1) is 29.6 Å². The molecule has 87 heavy (non-hydrogen) atoms. The van der Waals surface area contributed by atoms with E-state index in [1.807, 2.05) is 75.4 Å². The van der Waals surface area contributed by atoms with Crippen LogP contribution in [0.2, 0.25) is 0 Å². The predicted octanol–water partition coefficient (Wildman–Crippen LogP) is 6.05. The summed E-state index contributed by atoms with van der Waals surface area (Å²) in [4.78, 5) is 142. The maximum Gasteiger partial charge on any atom is 0.332 e. The van der Waals surface area contributed by atoms with E-state index in [1.54, 1.807) is 79.8 Å². The summed E-state index contributed by atoms with van der Waals surface area (Å²) in [5.41, 5.74) is 1.08. The van der Waals surface area contributed by atoms with Gasteiger partial charge in [-0.25, -0.2) is 4.79 Å². The lowest BCUT2D eigenvalue weighted by molar-refractivity contribution is -0.177. The molecule has 2 fully saturated rings. The number of hydrogen-bond donors (Lipinski definition) is 4. The van der Waals surface area contributed by atoms with E-state index in [1.165, 1.54) is 61.6 Å². The molecule has 2 saturated heterocycles. The van der Waals surface area contributed by atoms with Crippen LogP contribution in [-0.2, 0) is 60.7 Å². The van der Waals surface area contributed by atoms with Gasteiger partial charge in [-0.3, -0.25) is 38.4 Å². The Morgan fingerprint density at radius 1 is 0.598 bits per heavy atom. The SMILES string of the molecule is CCC(C)[C@@H]1NC(=O)[C@@H]2CCCN2C(=O)[C@H](Cc2cccc(-c3ccc(OC)cc3)c2)N(C)C(=O)[C@H](Cc2ccccc2)NC(=O)[C@H](C(C)C)N(C)C(=O)[C@@H](C(C)CC)OC(=O)[C@H](C(C)(C)O)N(C)C(=O)[C@H](CC(C)C)NC(=O)[C@H](C(C)C)N(C)C1=O. The summed E-state index contributed by atoms with van der Waals surface area (Å²) < 4.78 is 11.5. The molecule has 5 rings (SSSR count). The second-order valence-electron chi connectivity index (χ2n) is 25.6. The van der Waals surface area contributed by atoms with Gasteiger partial charge in [0.15, 0.2) is 12.1 Å². The second-order valence-corrected chi connectivity index (χ2v) is 25.6. The van der Waals surface area contributed by atoms with Crippen molar-refractivity contribution in [2.24, 2.45) is 29.6 Å². The van der Waals surface area contributed by atoms with Crippen LogP contribution in [0.5, 0.6) is 5.75 Å². The zero-order chi connectivity index (χ0) is 64.9. The number of benzene rings is 3. The largest absolute Gasteiger partial charge is 0.497 e. The van der Waals surface area contributed by atoms with Crippen molar-refractivity contribution in [1.29, 1.82) is 0 Å². The highest BCUT2D eigenvalue weighted by atomic mass is 16.6. The Bertz CT molecular complexity index is 2870. The maximum absolute atomic E-state index is 15.7. The lowest BCUT2D eigenvalue weighted by Gasteiger charge is -2.39. The first-order valence-electron chi connectivity index (χ1n) is 30.9. The van der Waals surface area contributed by atoms with Gasteiger partial charge in [-0.2, -0.15) is 0 Å². The molecule has 0 radical (unpaired) electrons. The smallest absolute Gasteiger partial charge is 0.332 e. The molecule has 2 aliphatic heterocycles. The van der Waals surface area contributed by atoms with E-state index in [0.29, 0.717) is 36.1 Å². The van der Waals surface area contributed by atoms with Crippen LogP contribution < -0.4 is 20.7 Å². The summed E-state index contributed by atoms with van der Waals surface area (Å²) in [6.07, 6.45) is -0.0979. The molecule has 478 valence electrons. The Morgan fingerprint density at radius 3 is 1.69 bits per heavy atom. The van der Waals surface area contributed by atoms with Crippen LogP contribution in [0.4, 0.5) is 0 Å². The molecular formula is C67H98N8O12. The minimum atomic E-state index is -1.99. The standard InChI is InChI=1S/C67H98N8O12/c1-18-42(9)53-64(82)72(14)54(40(5)6)59(77)68-49(35-39(3)4)62(80)74(16)57(67(11,12)85)66(84)87-56(43(10)19-2)65(83)73(15)55(41(7)8)60(78)69-50(37-44-25-21-20-22-26-44)61(79)71(13)52(63(81)75-34-24-29-51(75)58(76)70-53)38-45-27-23-28-47(36-45)46-30-32-48(86-17)33-31-46/h20-23,25-28,30-33,36,39-43,49-57,85H,18-19,24,29,34-35,37-38H2,1-17H3,(H,68,77)(H,69,78)(H,70,76)/t42?,43?,49-,50-,51-,52-,53-,54-,55-,56+,57+/m0/s1. The number of rotatable bonds is 15. The molecule has 2 aliphatic rings. The van der Waals surface area contributed by atoms with E-state index in [9.17, 15) is 24.3 Å². The van der Waals surface area contributed by atoms with Gasteiger partial charge in [0.2, 0.25) is 41.4 Å². The fourth-order valence-corrected chi connectivity index (χ4v) is 12.0. The van der Waals surface area contributed by atoms with Gasteiger partial charge in [0.05, 0.1) is 12.7 Å². The monoisotopic (exact) mass is 1210 g/mol. The van der Waals surface area contributed by atoms with Crippen LogP contribution >= 0.6 is 0 Å². The molecule has 2 unspecified atom stereocenters. The average Bonchev–Trinajstić information content (AvgIpc) is 2.51. The number of nitrogens with one attached hydrogen (secondary N) is 3. The van der Waals surface area contributed by atoms with Crippen LogP contribution in [0.3, 0.4) is 0 Å². The van der Waals surface area contributed by atoms with E-state index in [4.69, 9.17) is 9.47 Å². The van der Waals surface area contributed by atoms with E-state index >= 15 is 24.0 Å². The average molecular weight is 1210 g/mol. The first-order valence-corrected chi connectivity index (χ1v) is 30.9. The lowest BCUT2D eigenvalue weighted by atomic mass is 9.93. The number of amides is 8. The third kappa shape index (κ3) is 17.5. The topological polar surface area (TPSA) is 245 Å². The number of carbonyl (C=O) groups excluding carboxylic acids is 9. The first-order chi connectivity index (χ1) is 40.9. The quantitative estimate of drug-likeness (QED) is 0.127. The molecule has 0 aromatic heterocycles. The summed E-state index contributed by atoms with van der Waals surface area (Å²) in [5.74, 6) is -8.19. The molecule has 3 aromatic carbocycles. The highest BCUT2D eigenvalue weighted by molar-refractivity contribution is 5.99. The number of esters is 1. The molecule has 3 aromatic rings. The number of hydrogen-bond acceptors (Lipinski definition) is 12. The summed E-state index contributed by atoms with van der Waals surface area (Å²) in [6, 6.07) is 13.8. The third-order valence-electron chi connectivity index (χ3n) is 17.3. The number of aliphatic hydroxyl groups is 1. The van der Waals surface area contributed by atoms with Crippen LogP contribution in [0.25, 0.3) is 11.1 Å². The summed E-state index contributed by atoms with van der Waals surface area (Å²) in [7, 11) is 7.26. The first kappa shape index (κ1) is 70.4. The number of nitrogens with zero attached hydrogens (tertiary/aromatic N) is 5. The van der Waals surface area contributed by atoms with Gasteiger partial charge < -0.3 is 55.0 Å². The van der Waals surface area contributed by atoms with Gasteiger partial charge in [0.1, 0.15) is 48.0 Å². The van der Waals surface area contributed by atoms with Crippen LogP contribution in [0.1, 0.15) is 126 Å². The predicted molar refractivity (Wildman–Crippen MR) is 333 cm³/mol. The molecule has 4 N–H and O–H groups in total. The van der Waals surface area contributed by atoms with Gasteiger partial charge in [-0.05, 0) is 97.6 Å². The normalized spacial score (nSPS) is 25.1. The molecule has 8 amide bonds.